The lowest BCUT2D eigenvalue weighted by atomic mass is 9.83. The van der Waals surface area contributed by atoms with Crippen molar-refractivity contribution in [3.05, 3.63) is 152 Å². The number of hydrogen-bond acceptors (Lipinski definition) is 4. The highest BCUT2D eigenvalue weighted by molar-refractivity contribution is 7.84. The van der Waals surface area contributed by atoms with E-state index in [9.17, 15) is 19.2 Å². The Morgan fingerprint density at radius 1 is 0.375 bits per heavy atom. The van der Waals surface area contributed by atoms with Gasteiger partial charge in [0.1, 0.15) is 0 Å². The predicted molar refractivity (Wildman–Crippen MR) is 207 cm³/mol. The van der Waals surface area contributed by atoms with Gasteiger partial charge in [0, 0.05) is 58.7 Å². The maximum Gasteiger partial charge on any atom is 0.194 e. The third-order valence-corrected chi connectivity index (χ3v) is 78.4. The Morgan fingerprint density at radius 2 is 0.646 bits per heavy atom. The fourth-order valence-corrected chi connectivity index (χ4v) is 72.9. The number of benzene rings is 4. The Balaban J connectivity index is 1.24. The Hall–Kier alpha value is -4.09. The van der Waals surface area contributed by atoms with Crippen molar-refractivity contribution in [1.82, 2.24) is 0 Å². The van der Waals surface area contributed by atoms with Gasteiger partial charge in [-0.1, -0.05) is 137 Å². The number of ketones is 4. The Labute approximate surface area is 287 Å². The van der Waals surface area contributed by atoms with E-state index >= 15 is 0 Å². The summed E-state index contributed by atoms with van der Waals surface area (Å²) >= 11 is 0. The van der Waals surface area contributed by atoms with E-state index in [-0.39, 0.29) is 23.1 Å². The van der Waals surface area contributed by atoms with Gasteiger partial charge in [-0.15, -0.1) is 0 Å². The van der Waals surface area contributed by atoms with Crippen molar-refractivity contribution in [2.45, 2.75) is 52.4 Å². The van der Waals surface area contributed by atoms with E-state index in [4.69, 9.17) is 0 Å². The monoisotopic (exact) mass is 698 g/mol. The van der Waals surface area contributed by atoms with Gasteiger partial charge in [0.2, 0.25) is 0 Å². The lowest BCUT2D eigenvalue weighted by Gasteiger charge is -2.53. The fraction of sp³-hybridized carbons (Fsp3) is 0.200. The van der Waals surface area contributed by atoms with Gasteiger partial charge in [-0.25, -0.2) is 0 Å². The summed E-state index contributed by atoms with van der Waals surface area (Å²) in [6.45, 7) is 20.3. The van der Waals surface area contributed by atoms with Gasteiger partial charge in [-0.3, -0.25) is 19.2 Å². The summed E-state index contributed by atoms with van der Waals surface area (Å²) < 4.78 is 0. The molecule has 0 fully saturated rings. The zero-order valence-corrected chi connectivity index (χ0v) is 33.0. The van der Waals surface area contributed by atoms with Crippen LogP contribution >= 0.6 is 0 Å². The molecule has 242 valence electrons. The van der Waals surface area contributed by atoms with Crippen molar-refractivity contribution in [3.8, 4) is 0 Å². The molecule has 8 heteroatoms. The first-order valence-electron chi connectivity index (χ1n) is 16.5. The zero-order valence-electron chi connectivity index (χ0n) is 29.0. The van der Waals surface area contributed by atoms with Gasteiger partial charge in [0.05, 0.1) is 15.2 Å². The molecular weight excluding hydrogens is 657 g/mol. The van der Waals surface area contributed by atoms with Crippen LogP contribution in [0.2, 0.25) is 52.4 Å². The second kappa shape index (κ2) is 11.8. The van der Waals surface area contributed by atoms with Crippen LogP contribution in [0.5, 0.6) is 0 Å². The van der Waals surface area contributed by atoms with Gasteiger partial charge in [0.25, 0.3) is 0 Å². The maximum atomic E-state index is 13.3. The molecule has 0 bridgehead atoms. The molecule has 0 saturated heterocycles. The molecule has 4 nitrogen and oxygen atoms in total. The number of carbonyl (C=O) groups is 4. The Bertz CT molecular complexity index is 1970. The number of hydrogen-bond donors (Lipinski definition) is 0. The summed E-state index contributed by atoms with van der Waals surface area (Å²) in [4.78, 5) is 52.9. The highest BCUT2D eigenvalue weighted by atomic mass is 29.8. The largest absolute Gasteiger partial charge is 0.289 e. The zero-order chi connectivity index (χ0) is 34.8. The van der Waals surface area contributed by atoms with Gasteiger partial charge < -0.3 is 0 Å². The first-order chi connectivity index (χ1) is 22.5. The van der Waals surface area contributed by atoms with Crippen molar-refractivity contribution < 1.29 is 19.2 Å². The van der Waals surface area contributed by atoms with Crippen LogP contribution in [0.4, 0.5) is 0 Å². The maximum absolute atomic E-state index is 13.3. The molecule has 4 aromatic carbocycles. The van der Waals surface area contributed by atoms with Crippen LogP contribution < -0.4 is 0 Å². The first-order valence-corrected chi connectivity index (χ1v) is 31.7. The molecule has 4 aromatic rings. The number of fused-ring (bicyclic) bond motifs is 4. The molecule has 0 N–H and O–H groups in total. The molecular formula is C40H42O4Si4. The highest BCUT2D eigenvalue weighted by Crippen LogP contribution is 2.38. The smallest absolute Gasteiger partial charge is 0.194 e. The van der Waals surface area contributed by atoms with Crippen LogP contribution in [-0.4, -0.2) is 52.5 Å². The van der Waals surface area contributed by atoms with Gasteiger partial charge >= 0.3 is 0 Å². The molecule has 0 aromatic heterocycles. The minimum absolute atomic E-state index is 0.0885. The summed E-state index contributed by atoms with van der Waals surface area (Å²) in [5.74, 6) is -0.357. The molecule has 0 amide bonds. The van der Waals surface area contributed by atoms with Crippen LogP contribution in [0.25, 0.3) is 12.2 Å². The van der Waals surface area contributed by atoms with Crippen LogP contribution in [0.1, 0.15) is 74.8 Å². The summed E-state index contributed by atoms with van der Waals surface area (Å²) in [6.07, 6.45) is 4.38. The summed E-state index contributed by atoms with van der Waals surface area (Å²) in [5.41, 5.74) is 10.7. The van der Waals surface area contributed by atoms with E-state index < -0.39 is 29.4 Å². The molecule has 0 spiro atoms. The van der Waals surface area contributed by atoms with Gasteiger partial charge in [-0.05, 0) is 35.4 Å². The first kappa shape index (κ1) is 33.8. The van der Waals surface area contributed by atoms with Gasteiger partial charge in [-0.2, -0.15) is 0 Å². The quantitative estimate of drug-likeness (QED) is 0.156. The third-order valence-electron chi connectivity index (χ3n) is 12.1. The van der Waals surface area contributed by atoms with E-state index in [0.29, 0.717) is 44.5 Å². The average Bonchev–Trinajstić information content (AvgIpc) is 3.07. The lowest BCUT2D eigenvalue weighted by Crippen LogP contribution is -2.78. The van der Waals surface area contributed by atoms with Crippen LogP contribution in [0, 0.1) is 0 Å². The van der Waals surface area contributed by atoms with Crippen molar-refractivity contribution in [2.75, 3.05) is 0 Å². The third kappa shape index (κ3) is 5.31. The minimum Gasteiger partial charge on any atom is -0.289 e. The molecule has 48 heavy (non-hydrogen) atoms. The van der Waals surface area contributed by atoms with Crippen LogP contribution in [-0.2, 0) is 0 Å². The van der Waals surface area contributed by atoms with E-state index in [1.807, 2.05) is 36.4 Å². The molecule has 2 aliphatic rings. The summed E-state index contributed by atoms with van der Waals surface area (Å²) in [5, 5.41) is 0. The second-order valence-electron chi connectivity index (χ2n) is 15.4. The predicted octanol–water partition coefficient (Wildman–Crippen LogP) is 9.11. The normalized spacial score (nSPS) is 15.1. The van der Waals surface area contributed by atoms with Crippen LogP contribution in [0.3, 0.4) is 0 Å². The van der Waals surface area contributed by atoms with Crippen molar-refractivity contribution >= 4 is 64.7 Å². The minimum atomic E-state index is -1.87. The standard InChI is InChI=1S/C40H42O4Si4/c1-45(2,23-21-27-17-19-33-35(25-27)39(43)31-15-11-9-13-29(31)37(33)41)47(5,6)48(7,8)46(3,4)24-22-28-18-20-34-36(26-28)40(44)32-16-12-10-14-30(32)38(34)42/h9-26H,1-8H3/b23-21+,24-22+. The van der Waals surface area contributed by atoms with Gasteiger partial charge in [0.15, 0.2) is 23.1 Å². The topological polar surface area (TPSA) is 68.3 Å². The molecule has 2 aliphatic carbocycles. The summed E-state index contributed by atoms with van der Waals surface area (Å²) in [6, 6.07) is 25.5. The van der Waals surface area contributed by atoms with Crippen molar-refractivity contribution in [2.24, 2.45) is 0 Å². The molecule has 0 radical (unpaired) electrons. The lowest BCUT2D eigenvalue weighted by molar-refractivity contribution is 0.0979. The number of rotatable bonds is 7. The molecule has 0 atom stereocenters. The van der Waals surface area contributed by atoms with Crippen molar-refractivity contribution in [1.29, 1.82) is 0 Å². The van der Waals surface area contributed by atoms with E-state index in [0.717, 1.165) is 11.1 Å². The Kier molecular flexibility index (Phi) is 8.31. The molecule has 0 unspecified atom stereocenters. The van der Waals surface area contributed by atoms with E-state index in [2.05, 4.69) is 75.9 Å². The van der Waals surface area contributed by atoms with Crippen molar-refractivity contribution in [3.63, 3.8) is 0 Å². The molecule has 0 saturated carbocycles. The Morgan fingerprint density at radius 3 is 0.958 bits per heavy atom. The highest BCUT2D eigenvalue weighted by Gasteiger charge is 2.57. The molecule has 0 aliphatic heterocycles. The molecule has 6 rings (SSSR count). The SMILES string of the molecule is C[Si](C)(/C=C/c1ccc2c(c1)C(=O)c1ccccc1C2=O)[Si](C)(C)[Si](C)(C)[Si](C)(C)/C=C/c1ccc2c(c1)C(=O)c1ccccc1C2=O. The van der Waals surface area contributed by atoms with E-state index in [1.54, 1.807) is 48.5 Å². The van der Waals surface area contributed by atoms with E-state index in [1.165, 1.54) is 0 Å². The fourth-order valence-electron chi connectivity index (χ4n) is 7.08. The second-order valence-corrected chi connectivity index (χ2v) is 55.2. The average molecular weight is 699 g/mol. The summed E-state index contributed by atoms with van der Waals surface area (Å²) in [7, 11) is -7.32. The molecule has 0 heterocycles. The van der Waals surface area contributed by atoms with Crippen LogP contribution in [0.15, 0.2) is 96.3 Å². The number of carbonyl (C=O) groups excluding carboxylic acids is 4.